The topological polar surface area (TPSA) is 43.4 Å². The first-order chi connectivity index (χ1) is 8.97. The minimum atomic E-state index is -0.706. The third-order valence-corrected chi connectivity index (χ3v) is 3.92. The molecule has 1 aromatic rings. The minimum Gasteiger partial charge on any atom is -0.460 e. The summed E-state index contributed by atoms with van der Waals surface area (Å²) in [5, 5.41) is 0. The van der Waals surface area contributed by atoms with Gasteiger partial charge in [0.1, 0.15) is 0 Å². The van der Waals surface area contributed by atoms with Gasteiger partial charge in [0.05, 0.1) is 12.5 Å². The average Bonchev–Trinajstić information content (AvgIpc) is 2.39. The summed E-state index contributed by atoms with van der Waals surface area (Å²) in [5.74, 6) is -1.46. The molecule has 0 aromatic heterocycles. The van der Waals surface area contributed by atoms with Crippen LogP contribution in [0.4, 0.5) is 0 Å². The molecule has 102 valence electrons. The quantitative estimate of drug-likeness (QED) is 0.620. The molecule has 1 aromatic carbocycles. The number of Topliss-reactive ketones (excluding diaryl/α,β-unsaturated/α-hetero) is 1. The highest BCUT2D eigenvalue weighted by atomic mass is 16.5. The Morgan fingerprint density at radius 2 is 2.00 bits per heavy atom. The zero-order valence-corrected chi connectivity index (χ0v) is 11.7. The molecule has 1 atom stereocenters. The van der Waals surface area contributed by atoms with Gasteiger partial charge in [0, 0.05) is 0 Å². The number of ether oxygens (including phenoxy) is 1. The van der Waals surface area contributed by atoms with Crippen molar-refractivity contribution in [3.8, 4) is 0 Å². The third-order valence-electron chi connectivity index (χ3n) is 3.92. The van der Waals surface area contributed by atoms with Crippen molar-refractivity contribution in [1.82, 2.24) is 0 Å². The molecule has 0 saturated heterocycles. The monoisotopic (exact) mass is 260 g/mol. The van der Waals surface area contributed by atoms with Crippen LogP contribution in [0.1, 0.15) is 50.7 Å². The summed E-state index contributed by atoms with van der Waals surface area (Å²) < 4.78 is 4.84. The Balaban J connectivity index is 2.35. The van der Waals surface area contributed by atoms with Crippen molar-refractivity contribution in [3.63, 3.8) is 0 Å². The molecule has 0 saturated carbocycles. The second-order valence-corrected chi connectivity index (χ2v) is 5.65. The molecule has 1 aliphatic carbocycles. The molecular weight excluding hydrogens is 240 g/mol. The number of carbonyl (C=O) groups is 2. The molecule has 0 aliphatic heterocycles. The standard InChI is InChI=1S/C16H20O3/c1-4-19-15(18)14(17)12-9-10-16(2,3)13-8-6-5-7-11(12)13/h5-8,12H,4,9-10H2,1-3H3. The number of hydrogen-bond acceptors (Lipinski definition) is 3. The van der Waals surface area contributed by atoms with Crippen LogP contribution in [-0.2, 0) is 19.7 Å². The fourth-order valence-corrected chi connectivity index (χ4v) is 2.83. The van der Waals surface area contributed by atoms with Crippen LogP contribution in [0, 0.1) is 0 Å². The van der Waals surface area contributed by atoms with Crippen molar-refractivity contribution in [2.75, 3.05) is 6.61 Å². The van der Waals surface area contributed by atoms with E-state index in [1.807, 2.05) is 18.2 Å². The summed E-state index contributed by atoms with van der Waals surface area (Å²) in [7, 11) is 0. The molecule has 0 bridgehead atoms. The van der Waals surface area contributed by atoms with E-state index in [2.05, 4.69) is 19.9 Å². The summed E-state index contributed by atoms with van der Waals surface area (Å²) in [6.45, 7) is 6.31. The lowest BCUT2D eigenvalue weighted by Gasteiger charge is -2.36. The lowest BCUT2D eigenvalue weighted by molar-refractivity contribution is -0.154. The van der Waals surface area contributed by atoms with Gasteiger partial charge in [0.15, 0.2) is 0 Å². The first-order valence-corrected chi connectivity index (χ1v) is 6.77. The molecule has 0 spiro atoms. The normalized spacial score (nSPS) is 20.5. The van der Waals surface area contributed by atoms with Crippen molar-refractivity contribution in [2.45, 2.75) is 44.9 Å². The molecule has 19 heavy (non-hydrogen) atoms. The van der Waals surface area contributed by atoms with E-state index in [4.69, 9.17) is 4.74 Å². The number of carbonyl (C=O) groups excluding carboxylic acids is 2. The lowest BCUT2D eigenvalue weighted by Crippen LogP contribution is -2.33. The Bertz CT molecular complexity index is 502. The summed E-state index contributed by atoms with van der Waals surface area (Å²) in [5.41, 5.74) is 2.21. The zero-order valence-electron chi connectivity index (χ0n) is 11.7. The van der Waals surface area contributed by atoms with Crippen molar-refractivity contribution >= 4 is 11.8 Å². The zero-order chi connectivity index (χ0) is 14.0. The molecule has 3 heteroatoms. The van der Waals surface area contributed by atoms with Crippen LogP contribution >= 0.6 is 0 Å². The number of ketones is 1. The van der Waals surface area contributed by atoms with Crippen LogP contribution in [0.3, 0.4) is 0 Å². The maximum Gasteiger partial charge on any atom is 0.375 e. The van der Waals surface area contributed by atoms with Crippen molar-refractivity contribution < 1.29 is 14.3 Å². The van der Waals surface area contributed by atoms with Crippen LogP contribution in [0.5, 0.6) is 0 Å². The fraction of sp³-hybridized carbons (Fsp3) is 0.500. The summed E-state index contributed by atoms with van der Waals surface area (Å²) in [6, 6.07) is 7.92. The Labute approximate surface area is 114 Å². The molecule has 1 aliphatic rings. The van der Waals surface area contributed by atoms with Gasteiger partial charge in [-0.2, -0.15) is 0 Å². The molecule has 0 radical (unpaired) electrons. The summed E-state index contributed by atoms with van der Waals surface area (Å²) in [4.78, 5) is 23.8. The van der Waals surface area contributed by atoms with E-state index < -0.39 is 11.8 Å². The molecule has 3 nitrogen and oxygen atoms in total. The lowest BCUT2D eigenvalue weighted by atomic mass is 9.68. The average molecular weight is 260 g/mol. The Kier molecular flexibility index (Phi) is 3.74. The van der Waals surface area contributed by atoms with Crippen LogP contribution in [-0.4, -0.2) is 18.4 Å². The largest absolute Gasteiger partial charge is 0.460 e. The smallest absolute Gasteiger partial charge is 0.375 e. The third kappa shape index (κ3) is 2.55. The van der Waals surface area contributed by atoms with Crippen molar-refractivity contribution in [3.05, 3.63) is 35.4 Å². The van der Waals surface area contributed by atoms with E-state index in [9.17, 15) is 9.59 Å². The van der Waals surface area contributed by atoms with E-state index in [0.29, 0.717) is 6.42 Å². The van der Waals surface area contributed by atoms with Crippen molar-refractivity contribution in [2.24, 2.45) is 0 Å². The number of fused-ring (bicyclic) bond motifs is 1. The van der Waals surface area contributed by atoms with Gasteiger partial charge < -0.3 is 4.74 Å². The molecule has 0 heterocycles. The highest BCUT2D eigenvalue weighted by Gasteiger charge is 2.38. The molecule has 1 unspecified atom stereocenters. The molecule has 0 fully saturated rings. The number of hydrogen-bond donors (Lipinski definition) is 0. The molecule has 2 rings (SSSR count). The minimum absolute atomic E-state index is 0.0576. The highest BCUT2D eigenvalue weighted by molar-refractivity contribution is 6.35. The van der Waals surface area contributed by atoms with Gasteiger partial charge in [-0.3, -0.25) is 4.79 Å². The first-order valence-electron chi connectivity index (χ1n) is 6.77. The van der Waals surface area contributed by atoms with E-state index in [0.717, 1.165) is 12.0 Å². The maximum atomic E-state index is 12.2. The Morgan fingerprint density at radius 1 is 1.32 bits per heavy atom. The Morgan fingerprint density at radius 3 is 2.68 bits per heavy atom. The Hall–Kier alpha value is -1.64. The molecule has 0 N–H and O–H groups in total. The van der Waals surface area contributed by atoms with Crippen molar-refractivity contribution in [1.29, 1.82) is 0 Å². The highest BCUT2D eigenvalue weighted by Crippen LogP contribution is 2.42. The molecular formula is C16H20O3. The maximum absolute atomic E-state index is 12.2. The van der Waals surface area contributed by atoms with E-state index in [-0.39, 0.29) is 17.9 Å². The van der Waals surface area contributed by atoms with Gasteiger partial charge in [-0.05, 0) is 36.3 Å². The molecule has 0 amide bonds. The second-order valence-electron chi connectivity index (χ2n) is 5.65. The fourth-order valence-electron chi connectivity index (χ4n) is 2.83. The first kappa shape index (κ1) is 13.8. The van der Waals surface area contributed by atoms with Crippen LogP contribution in [0.25, 0.3) is 0 Å². The van der Waals surface area contributed by atoms with Gasteiger partial charge in [-0.1, -0.05) is 38.1 Å². The SMILES string of the molecule is CCOC(=O)C(=O)C1CCC(C)(C)c2ccccc21. The van der Waals surface area contributed by atoms with E-state index >= 15 is 0 Å². The van der Waals surface area contributed by atoms with Gasteiger partial charge >= 0.3 is 5.97 Å². The predicted octanol–water partition coefficient (Wildman–Crippen LogP) is 2.97. The number of rotatable bonds is 3. The van der Waals surface area contributed by atoms with E-state index in [1.54, 1.807) is 6.92 Å². The van der Waals surface area contributed by atoms with E-state index in [1.165, 1.54) is 5.56 Å². The van der Waals surface area contributed by atoms with Gasteiger partial charge in [-0.25, -0.2) is 4.79 Å². The number of esters is 1. The number of benzene rings is 1. The van der Waals surface area contributed by atoms with Crippen LogP contribution in [0.2, 0.25) is 0 Å². The van der Waals surface area contributed by atoms with Gasteiger partial charge in [0.2, 0.25) is 5.78 Å². The van der Waals surface area contributed by atoms with Gasteiger partial charge in [0.25, 0.3) is 0 Å². The van der Waals surface area contributed by atoms with Gasteiger partial charge in [-0.15, -0.1) is 0 Å². The summed E-state index contributed by atoms with van der Waals surface area (Å²) in [6.07, 6.45) is 1.61. The van der Waals surface area contributed by atoms with Crippen LogP contribution < -0.4 is 0 Å². The predicted molar refractivity (Wildman–Crippen MR) is 73.1 cm³/mol. The second kappa shape index (κ2) is 5.16. The summed E-state index contributed by atoms with van der Waals surface area (Å²) >= 11 is 0. The van der Waals surface area contributed by atoms with Crippen LogP contribution in [0.15, 0.2) is 24.3 Å².